The van der Waals surface area contributed by atoms with E-state index in [1.54, 1.807) is 0 Å². The molecular formula is C24H28N4O3S. The van der Waals surface area contributed by atoms with E-state index in [4.69, 9.17) is 9.47 Å². The van der Waals surface area contributed by atoms with Gasteiger partial charge in [0, 0.05) is 12.7 Å². The van der Waals surface area contributed by atoms with E-state index in [-0.39, 0.29) is 11.7 Å². The number of nitrogens with zero attached hydrogens (tertiary/aromatic N) is 3. The fraction of sp³-hybridized carbons (Fsp3) is 0.375. The Kier molecular flexibility index (Phi) is 7.32. The number of hydrogen-bond donors (Lipinski definition) is 1. The van der Waals surface area contributed by atoms with Gasteiger partial charge < -0.3 is 19.4 Å². The molecule has 0 radical (unpaired) electrons. The number of nitrogens with one attached hydrogen (secondary N) is 1. The normalized spacial score (nSPS) is 12.8. The van der Waals surface area contributed by atoms with Crippen molar-refractivity contribution in [3.8, 4) is 11.5 Å². The number of ether oxygens (including phenoxy) is 2. The first-order valence-corrected chi connectivity index (χ1v) is 11.9. The maximum absolute atomic E-state index is 12.3. The van der Waals surface area contributed by atoms with E-state index < -0.39 is 0 Å². The van der Waals surface area contributed by atoms with Crippen molar-refractivity contribution in [2.45, 2.75) is 44.4 Å². The van der Waals surface area contributed by atoms with Crippen LogP contribution in [0.3, 0.4) is 0 Å². The first-order chi connectivity index (χ1) is 15.6. The lowest BCUT2D eigenvalue weighted by Crippen LogP contribution is -2.14. The molecule has 7 nitrogen and oxygen atoms in total. The largest absolute Gasteiger partial charge is 0.494 e. The molecular weight excluding hydrogens is 424 g/mol. The van der Waals surface area contributed by atoms with E-state index in [1.807, 2.05) is 48.9 Å². The number of aromatic nitrogens is 3. The number of carbonyl (C=O) groups excluding carboxylic acids is 1. The molecule has 1 amide bonds. The maximum atomic E-state index is 12.3. The van der Waals surface area contributed by atoms with Gasteiger partial charge in [-0.2, -0.15) is 0 Å². The quantitative estimate of drug-likeness (QED) is 0.485. The van der Waals surface area contributed by atoms with Crippen LogP contribution in [0.1, 0.15) is 36.7 Å². The number of thioether (sulfide) groups is 1. The lowest BCUT2D eigenvalue weighted by Gasteiger charge is -2.16. The van der Waals surface area contributed by atoms with Crippen molar-refractivity contribution in [3.05, 3.63) is 59.4 Å². The molecule has 3 aromatic rings. The van der Waals surface area contributed by atoms with Crippen LogP contribution in [0, 0.1) is 0 Å². The van der Waals surface area contributed by atoms with E-state index in [2.05, 4.69) is 27.6 Å². The van der Waals surface area contributed by atoms with Crippen LogP contribution in [-0.4, -0.2) is 33.0 Å². The average molecular weight is 453 g/mol. The lowest BCUT2D eigenvalue weighted by molar-refractivity contribution is -0.113. The number of aryl methyl sites for hydroxylation is 2. The van der Waals surface area contributed by atoms with E-state index in [0.717, 1.165) is 35.9 Å². The van der Waals surface area contributed by atoms with Gasteiger partial charge in [-0.25, -0.2) is 0 Å². The molecule has 0 saturated carbocycles. The highest BCUT2D eigenvalue weighted by atomic mass is 32.2. The van der Waals surface area contributed by atoms with Crippen LogP contribution < -0.4 is 14.8 Å². The maximum Gasteiger partial charge on any atom is 0.234 e. The summed E-state index contributed by atoms with van der Waals surface area (Å²) < 4.78 is 13.2. The Hall–Kier alpha value is -3.00. The third-order valence-electron chi connectivity index (χ3n) is 5.39. The number of rotatable bonds is 9. The van der Waals surface area contributed by atoms with Crippen molar-refractivity contribution in [2.75, 3.05) is 17.7 Å². The van der Waals surface area contributed by atoms with E-state index in [9.17, 15) is 4.79 Å². The Morgan fingerprint density at radius 3 is 2.56 bits per heavy atom. The Labute approximate surface area is 192 Å². The van der Waals surface area contributed by atoms with Crippen LogP contribution in [0.2, 0.25) is 0 Å². The van der Waals surface area contributed by atoms with Crippen molar-refractivity contribution in [1.82, 2.24) is 14.8 Å². The molecule has 0 spiro atoms. The van der Waals surface area contributed by atoms with E-state index >= 15 is 0 Å². The molecule has 1 aliphatic carbocycles. The van der Waals surface area contributed by atoms with E-state index in [0.29, 0.717) is 18.4 Å². The summed E-state index contributed by atoms with van der Waals surface area (Å²) in [5.41, 5.74) is 3.56. The number of hydrogen-bond acceptors (Lipinski definition) is 6. The summed E-state index contributed by atoms with van der Waals surface area (Å²) in [4.78, 5) is 12.3. The molecule has 0 fully saturated rings. The van der Waals surface area contributed by atoms with Crippen LogP contribution in [0.15, 0.2) is 47.6 Å². The first kappa shape index (κ1) is 22.2. The standard InChI is InChI=1S/C24H28N4O3S/c1-3-30-20-12-9-19(10-13-20)25-23(29)16-32-24-27-26-22(28(24)2)15-31-21-11-8-17-6-4-5-7-18(17)14-21/h8-14H,3-7,15-16H2,1-2H3,(H,25,29). The molecule has 2 aromatic carbocycles. The second-order valence-electron chi connectivity index (χ2n) is 7.68. The third-order valence-corrected chi connectivity index (χ3v) is 6.41. The smallest absolute Gasteiger partial charge is 0.234 e. The number of benzene rings is 2. The Bertz CT molecular complexity index is 1070. The highest BCUT2D eigenvalue weighted by molar-refractivity contribution is 7.99. The molecule has 1 heterocycles. The molecule has 32 heavy (non-hydrogen) atoms. The molecule has 4 rings (SSSR count). The molecule has 0 aliphatic heterocycles. The molecule has 168 valence electrons. The van der Waals surface area contributed by atoms with Crippen molar-refractivity contribution in [2.24, 2.45) is 7.05 Å². The molecule has 0 unspecified atom stereocenters. The van der Waals surface area contributed by atoms with Gasteiger partial charge in [0.15, 0.2) is 11.0 Å². The first-order valence-electron chi connectivity index (χ1n) is 10.9. The fourth-order valence-corrected chi connectivity index (χ4v) is 4.40. The predicted molar refractivity (Wildman–Crippen MR) is 125 cm³/mol. The van der Waals surface area contributed by atoms with E-state index in [1.165, 1.54) is 35.7 Å². The molecule has 0 atom stereocenters. The topological polar surface area (TPSA) is 78.3 Å². The van der Waals surface area contributed by atoms with Gasteiger partial charge in [-0.1, -0.05) is 17.8 Å². The van der Waals surface area contributed by atoms with Gasteiger partial charge in [0.05, 0.1) is 12.4 Å². The van der Waals surface area contributed by atoms with Crippen LogP contribution in [-0.2, 0) is 31.3 Å². The lowest BCUT2D eigenvalue weighted by atomic mass is 9.92. The Morgan fingerprint density at radius 2 is 1.78 bits per heavy atom. The molecule has 1 aliphatic rings. The van der Waals surface area contributed by atoms with Crippen LogP contribution in [0.4, 0.5) is 5.69 Å². The zero-order valence-electron chi connectivity index (χ0n) is 18.5. The van der Waals surface area contributed by atoms with Crippen molar-refractivity contribution >= 4 is 23.4 Å². The summed E-state index contributed by atoms with van der Waals surface area (Å²) in [6.07, 6.45) is 4.79. The van der Waals surface area contributed by atoms with Gasteiger partial charge >= 0.3 is 0 Å². The zero-order valence-corrected chi connectivity index (χ0v) is 19.3. The second-order valence-corrected chi connectivity index (χ2v) is 8.62. The second kappa shape index (κ2) is 10.5. The summed E-state index contributed by atoms with van der Waals surface area (Å²) in [7, 11) is 1.89. The summed E-state index contributed by atoms with van der Waals surface area (Å²) in [5.74, 6) is 2.50. The summed E-state index contributed by atoms with van der Waals surface area (Å²) >= 11 is 1.34. The van der Waals surface area contributed by atoms with Gasteiger partial charge in [-0.15, -0.1) is 10.2 Å². The molecule has 0 bridgehead atoms. The minimum Gasteiger partial charge on any atom is -0.494 e. The van der Waals surface area contributed by atoms with Crippen molar-refractivity contribution in [1.29, 1.82) is 0 Å². The molecule has 0 saturated heterocycles. The van der Waals surface area contributed by atoms with Crippen LogP contribution in [0.5, 0.6) is 11.5 Å². The predicted octanol–water partition coefficient (Wildman–Crippen LogP) is 4.40. The highest BCUT2D eigenvalue weighted by Gasteiger charge is 2.14. The third kappa shape index (κ3) is 5.62. The Morgan fingerprint density at radius 1 is 1.03 bits per heavy atom. The highest BCUT2D eigenvalue weighted by Crippen LogP contribution is 2.26. The summed E-state index contributed by atoms with van der Waals surface area (Å²) in [6.45, 7) is 2.88. The summed E-state index contributed by atoms with van der Waals surface area (Å²) in [5, 5.41) is 12.0. The van der Waals surface area contributed by atoms with Gasteiger partial charge in [0.1, 0.15) is 18.1 Å². The average Bonchev–Trinajstić information content (AvgIpc) is 3.17. The minimum atomic E-state index is -0.103. The number of fused-ring (bicyclic) bond motifs is 1. The van der Waals surface area contributed by atoms with Crippen LogP contribution in [0.25, 0.3) is 0 Å². The van der Waals surface area contributed by atoms with Crippen molar-refractivity contribution in [3.63, 3.8) is 0 Å². The fourth-order valence-electron chi connectivity index (χ4n) is 3.67. The Balaban J connectivity index is 1.27. The SMILES string of the molecule is CCOc1ccc(NC(=O)CSc2nnc(COc3ccc4c(c3)CCCC4)n2C)cc1. The van der Waals surface area contributed by atoms with Gasteiger partial charge in [0.2, 0.25) is 5.91 Å². The number of anilines is 1. The number of carbonyl (C=O) groups is 1. The monoisotopic (exact) mass is 452 g/mol. The minimum absolute atomic E-state index is 0.103. The van der Waals surface area contributed by atoms with Gasteiger partial charge in [-0.05, 0) is 80.1 Å². The van der Waals surface area contributed by atoms with Crippen LogP contribution >= 0.6 is 11.8 Å². The molecule has 1 aromatic heterocycles. The summed E-state index contributed by atoms with van der Waals surface area (Å²) in [6, 6.07) is 13.7. The van der Waals surface area contributed by atoms with Crippen molar-refractivity contribution < 1.29 is 14.3 Å². The van der Waals surface area contributed by atoms with Gasteiger partial charge in [0.25, 0.3) is 0 Å². The van der Waals surface area contributed by atoms with Gasteiger partial charge in [-0.3, -0.25) is 4.79 Å². The zero-order chi connectivity index (χ0) is 22.3. The molecule has 1 N–H and O–H groups in total. The molecule has 8 heteroatoms. The number of amides is 1.